The van der Waals surface area contributed by atoms with E-state index in [1.54, 1.807) is 18.6 Å². The molecule has 0 unspecified atom stereocenters. The minimum Gasteiger partial charge on any atom is -0.344 e. The van der Waals surface area contributed by atoms with Crippen LogP contribution in [0.2, 0.25) is 0 Å². The number of hydrogen-bond donors (Lipinski definition) is 1. The molecule has 2 aromatic heterocycles. The van der Waals surface area contributed by atoms with Crippen LogP contribution in [0.5, 0.6) is 0 Å². The summed E-state index contributed by atoms with van der Waals surface area (Å²) in [6.07, 6.45) is 5.17. The normalized spacial score (nSPS) is 10.6. The van der Waals surface area contributed by atoms with Crippen LogP contribution in [0.25, 0.3) is 22.2 Å². The Hall–Kier alpha value is -2.07. The van der Waals surface area contributed by atoms with Crippen LogP contribution in [0.4, 0.5) is 0 Å². The Kier molecular flexibility index (Phi) is 2.42. The molecule has 1 aromatic carbocycles. The van der Waals surface area contributed by atoms with E-state index in [4.69, 9.17) is 12.2 Å². The van der Waals surface area contributed by atoms with Crippen molar-refractivity contribution in [1.82, 2.24) is 15.0 Å². The Morgan fingerprint density at radius 3 is 2.82 bits per heavy atom. The van der Waals surface area contributed by atoms with E-state index in [-0.39, 0.29) is 0 Å². The second-order valence-corrected chi connectivity index (χ2v) is 4.13. The van der Waals surface area contributed by atoms with E-state index >= 15 is 0 Å². The molecule has 0 saturated heterocycles. The van der Waals surface area contributed by atoms with E-state index in [2.05, 4.69) is 15.0 Å². The molecule has 17 heavy (non-hydrogen) atoms. The fourth-order valence-electron chi connectivity index (χ4n) is 1.84. The van der Waals surface area contributed by atoms with Crippen molar-refractivity contribution in [2.24, 2.45) is 0 Å². The first kappa shape index (κ1) is 10.1. The number of rotatable bonds is 1. The van der Waals surface area contributed by atoms with Crippen molar-refractivity contribution in [2.45, 2.75) is 0 Å². The zero-order valence-corrected chi connectivity index (χ0v) is 9.74. The number of fused-ring (bicyclic) bond motifs is 1. The predicted molar refractivity (Wildman–Crippen MR) is 70.2 cm³/mol. The maximum Gasteiger partial charge on any atom is 0.122 e. The molecule has 0 fully saturated rings. The third-order valence-corrected chi connectivity index (χ3v) is 2.78. The van der Waals surface area contributed by atoms with Crippen LogP contribution in [0, 0.1) is 4.64 Å². The molecule has 0 aliphatic rings. The number of pyridine rings is 1. The first-order valence-corrected chi connectivity index (χ1v) is 5.64. The number of para-hydroxylation sites is 1. The highest BCUT2D eigenvalue weighted by molar-refractivity contribution is 7.71. The molecule has 0 radical (unpaired) electrons. The SMILES string of the molecule is S=c1cncc(-c2cccc3cccnc23)[nH]1. The maximum absolute atomic E-state index is 5.08. The number of benzene rings is 1. The molecule has 3 nitrogen and oxygen atoms in total. The maximum atomic E-state index is 5.08. The molecule has 3 rings (SSSR count). The summed E-state index contributed by atoms with van der Waals surface area (Å²) in [7, 11) is 0. The standard InChI is InChI=1S/C13H9N3S/c17-12-8-14-7-11(16-12)10-5-1-3-9-4-2-6-15-13(9)10/h1-8H,(H,16,17). The van der Waals surface area contributed by atoms with Crippen molar-refractivity contribution in [1.29, 1.82) is 0 Å². The summed E-state index contributed by atoms with van der Waals surface area (Å²) in [5, 5.41) is 1.10. The highest BCUT2D eigenvalue weighted by Gasteiger charge is 2.04. The molecule has 0 amide bonds. The van der Waals surface area contributed by atoms with Crippen molar-refractivity contribution in [2.75, 3.05) is 0 Å². The number of nitrogens with one attached hydrogen (secondary N) is 1. The van der Waals surface area contributed by atoms with Crippen molar-refractivity contribution >= 4 is 23.1 Å². The summed E-state index contributed by atoms with van der Waals surface area (Å²) in [5.41, 5.74) is 2.86. The lowest BCUT2D eigenvalue weighted by atomic mass is 10.1. The Morgan fingerprint density at radius 2 is 1.94 bits per heavy atom. The van der Waals surface area contributed by atoms with Gasteiger partial charge in [0.05, 0.1) is 23.6 Å². The van der Waals surface area contributed by atoms with Crippen LogP contribution in [0.3, 0.4) is 0 Å². The molecule has 2 heterocycles. The Morgan fingerprint density at radius 1 is 1.06 bits per heavy atom. The Bertz CT molecular complexity index is 728. The fraction of sp³-hybridized carbons (Fsp3) is 0. The molecular weight excluding hydrogens is 230 g/mol. The largest absolute Gasteiger partial charge is 0.344 e. The Balaban J connectivity index is 2.34. The van der Waals surface area contributed by atoms with Crippen molar-refractivity contribution < 1.29 is 0 Å². The van der Waals surface area contributed by atoms with Gasteiger partial charge in [0.1, 0.15) is 4.64 Å². The zero-order valence-electron chi connectivity index (χ0n) is 8.92. The average molecular weight is 239 g/mol. The first-order chi connectivity index (χ1) is 8.34. The minimum atomic E-state index is 0.621. The molecule has 4 heteroatoms. The topological polar surface area (TPSA) is 41.6 Å². The Labute approximate surface area is 103 Å². The lowest BCUT2D eigenvalue weighted by Crippen LogP contribution is -1.88. The van der Waals surface area contributed by atoms with Crippen molar-refractivity contribution in [3.8, 4) is 11.3 Å². The van der Waals surface area contributed by atoms with Gasteiger partial charge in [-0.2, -0.15) is 0 Å². The number of aromatic nitrogens is 3. The molecule has 0 aliphatic carbocycles. The first-order valence-electron chi connectivity index (χ1n) is 5.23. The van der Waals surface area contributed by atoms with Gasteiger partial charge in [0.15, 0.2) is 0 Å². The van der Waals surface area contributed by atoms with Gasteiger partial charge in [0, 0.05) is 17.1 Å². The minimum absolute atomic E-state index is 0.621. The lowest BCUT2D eigenvalue weighted by Gasteiger charge is -2.04. The number of nitrogens with zero attached hydrogens (tertiary/aromatic N) is 2. The van der Waals surface area contributed by atoms with E-state index in [0.29, 0.717) is 4.64 Å². The van der Waals surface area contributed by atoms with E-state index < -0.39 is 0 Å². The zero-order chi connectivity index (χ0) is 11.7. The second kappa shape index (κ2) is 4.07. The van der Waals surface area contributed by atoms with Crippen LogP contribution in [0.15, 0.2) is 48.9 Å². The predicted octanol–water partition coefficient (Wildman–Crippen LogP) is 3.35. The monoisotopic (exact) mass is 239 g/mol. The van der Waals surface area contributed by atoms with Gasteiger partial charge in [0.25, 0.3) is 0 Å². The molecule has 0 aliphatic heterocycles. The third kappa shape index (κ3) is 1.83. The van der Waals surface area contributed by atoms with E-state index in [1.807, 2.05) is 30.3 Å². The summed E-state index contributed by atoms with van der Waals surface area (Å²) in [6.45, 7) is 0. The molecule has 82 valence electrons. The molecule has 0 bridgehead atoms. The van der Waals surface area contributed by atoms with Gasteiger partial charge in [-0.3, -0.25) is 9.97 Å². The van der Waals surface area contributed by atoms with E-state index in [1.165, 1.54) is 0 Å². The van der Waals surface area contributed by atoms with Crippen LogP contribution in [0.1, 0.15) is 0 Å². The third-order valence-electron chi connectivity index (χ3n) is 2.58. The summed E-state index contributed by atoms with van der Waals surface area (Å²) >= 11 is 5.08. The second-order valence-electron chi connectivity index (χ2n) is 3.69. The van der Waals surface area contributed by atoms with E-state index in [9.17, 15) is 0 Å². The van der Waals surface area contributed by atoms with Crippen molar-refractivity contribution in [3.63, 3.8) is 0 Å². The smallest absolute Gasteiger partial charge is 0.122 e. The van der Waals surface area contributed by atoms with Crippen LogP contribution >= 0.6 is 12.2 Å². The molecule has 1 N–H and O–H groups in total. The highest BCUT2D eigenvalue weighted by Crippen LogP contribution is 2.24. The number of aromatic amines is 1. The lowest BCUT2D eigenvalue weighted by molar-refractivity contribution is 1.18. The van der Waals surface area contributed by atoms with Crippen molar-refractivity contribution in [3.05, 3.63) is 53.6 Å². The van der Waals surface area contributed by atoms with Gasteiger partial charge in [-0.25, -0.2) is 0 Å². The molecule has 0 spiro atoms. The highest BCUT2D eigenvalue weighted by atomic mass is 32.1. The summed E-state index contributed by atoms with van der Waals surface area (Å²) in [4.78, 5) is 11.6. The van der Waals surface area contributed by atoms with Gasteiger partial charge >= 0.3 is 0 Å². The van der Waals surface area contributed by atoms with Crippen LogP contribution < -0.4 is 0 Å². The van der Waals surface area contributed by atoms with Gasteiger partial charge in [-0.15, -0.1) is 0 Å². The number of H-pyrrole nitrogens is 1. The molecule has 0 saturated carbocycles. The molecule has 3 aromatic rings. The molecule has 0 atom stereocenters. The average Bonchev–Trinajstić information content (AvgIpc) is 2.38. The van der Waals surface area contributed by atoms with Gasteiger partial charge < -0.3 is 4.98 Å². The summed E-state index contributed by atoms with van der Waals surface area (Å²) < 4.78 is 0.621. The summed E-state index contributed by atoms with van der Waals surface area (Å²) in [5.74, 6) is 0. The quantitative estimate of drug-likeness (QED) is 0.662. The van der Waals surface area contributed by atoms with Gasteiger partial charge in [0.2, 0.25) is 0 Å². The fourth-order valence-corrected chi connectivity index (χ4v) is 2.01. The van der Waals surface area contributed by atoms with Crippen LogP contribution in [-0.4, -0.2) is 15.0 Å². The number of hydrogen-bond acceptors (Lipinski definition) is 3. The summed E-state index contributed by atoms with van der Waals surface area (Å²) in [6, 6.07) is 10.0. The van der Waals surface area contributed by atoms with E-state index in [0.717, 1.165) is 22.2 Å². The van der Waals surface area contributed by atoms with Gasteiger partial charge in [-0.05, 0) is 6.07 Å². The van der Waals surface area contributed by atoms with Gasteiger partial charge in [-0.1, -0.05) is 36.5 Å². The molecular formula is C13H9N3S. The van der Waals surface area contributed by atoms with Crippen LogP contribution in [-0.2, 0) is 0 Å².